The minimum atomic E-state index is -0.324. The molecule has 1 heterocycles. The third-order valence-corrected chi connectivity index (χ3v) is 4.32. The summed E-state index contributed by atoms with van der Waals surface area (Å²) in [6.45, 7) is 1.81. The van der Waals surface area contributed by atoms with Gasteiger partial charge in [0.15, 0.2) is 0 Å². The summed E-state index contributed by atoms with van der Waals surface area (Å²) in [5.41, 5.74) is 0. The lowest BCUT2D eigenvalue weighted by molar-refractivity contribution is -0.380. The molecule has 17 heavy (non-hydrogen) atoms. The molecule has 0 unspecified atom stereocenters. The highest BCUT2D eigenvalue weighted by molar-refractivity contribution is 7.15. The van der Waals surface area contributed by atoms with E-state index in [9.17, 15) is 10.1 Å². The SMILES string of the molecule is O=[N+]([O-])c1ccc(CNCC2CCCCC2)s1. The predicted molar refractivity (Wildman–Crippen MR) is 69.3 cm³/mol. The summed E-state index contributed by atoms with van der Waals surface area (Å²) in [6.07, 6.45) is 6.76. The molecular weight excluding hydrogens is 236 g/mol. The van der Waals surface area contributed by atoms with Crippen LogP contribution < -0.4 is 5.32 Å². The molecular formula is C12H18N2O2S. The predicted octanol–water partition coefficient (Wildman–Crippen LogP) is 3.33. The maximum Gasteiger partial charge on any atom is 0.324 e. The Balaban J connectivity index is 1.71. The Morgan fingerprint density at radius 2 is 2.12 bits per heavy atom. The minimum absolute atomic E-state index is 0.236. The van der Waals surface area contributed by atoms with Crippen LogP contribution in [-0.4, -0.2) is 11.5 Å². The first-order chi connectivity index (χ1) is 8.25. The first-order valence-electron chi connectivity index (χ1n) is 6.19. The molecule has 0 radical (unpaired) electrons. The lowest BCUT2D eigenvalue weighted by Crippen LogP contribution is -2.23. The Bertz CT molecular complexity index is 372. The topological polar surface area (TPSA) is 55.2 Å². The molecule has 0 saturated heterocycles. The van der Waals surface area contributed by atoms with Crippen LogP contribution >= 0.6 is 11.3 Å². The van der Waals surface area contributed by atoms with Gasteiger partial charge in [-0.15, -0.1) is 0 Å². The van der Waals surface area contributed by atoms with Crippen LogP contribution in [0.5, 0.6) is 0 Å². The Labute approximate surface area is 105 Å². The van der Waals surface area contributed by atoms with E-state index in [-0.39, 0.29) is 9.92 Å². The van der Waals surface area contributed by atoms with Gasteiger partial charge in [-0.25, -0.2) is 0 Å². The van der Waals surface area contributed by atoms with E-state index >= 15 is 0 Å². The quantitative estimate of drug-likeness (QED) is 0.647. The van der Waals surface area contributed by atoms with Crippen molar-refractivity contribution in [3.8, 4) is 0 Å². The number of nitro groups is 1. The fourth-order valence-corrected chi connectivity index (χ4v) is 3.14. The second-order valence-corrected chi connectivity index (χ2v) is 5.78. The van der Waals surface area contributed by atoms with Gasteiger partial charge in [0.2, 0.25) is 0 Å². The van der Waals surface area contributed by atoms with Crippen molar-refractivity contribution in [2.45, 2.75) is 38.6 Å². The Morgan fingerprint density at radius 3 is 2.76 bits per heavy atom. The standard InChI is InChI=1S/C12H18N2O2S/c15-14(16)12-7-6-11(17-12)9-13-8-10-4-2-1-3-5-10/h6-7,10,13H,1-5,8-9H2. The summed E-state index contributed by atoms with van der Waals surface area (Å²) in [5.74, 6) is 0.804. The molecule has 0 aromatic carbocycles. The van der Waals surface area contributed by atoms with Crippen LogP contribution in [0, 0.1) is 16.0 Å². The zero-order valence-corrected chi connectivity index (χ0v) is 10.7. The zero-order valence-electron chi connectivity index (χ0n) is 9.85. The van der Waals surface area contributed by atoms with E-state index in [1.54, 1.807) is 6.07 Å². The molecule has 0 spiro atoms. The van der Waals surface area contributed by atoms with Gasteiger partial charge in [0.25, 0.3) is 0 Å². The molecule has 0 aliphatic heterocycles. The van der Waals surface area contributed by atoms with Crippen LogP contribution in [0.4, 0.5) is 5.00 Å². The number of nitrogens with one attached hydrogen (secondary N) is 1. The van der Waals surface area contributed by atoms with Gasteiger partial charge < -0.3 is 5.32 Å². The van der Waals surface area contributed by atoms with Gasteiger partial charge in [-0.05, 0) is 31.4 Å². The van der Waals surface area contributed by atoms with Crippen LogP contribution in [0.25, 0.3) is 0 Å². The van der Waals surface area contributed by atoms with E-state index < -0.39 is 0 Å². The first-order valence-corrected chi connectivity index (χ1v) is 7.01. The highest BCUT2D eigenvalue weighted by atomic mass is 32.1. The third-order valence-electron chi connectivity index (χ3n) is 3.28. The summed E-state index contributed by atoms with van der Waals surface area (Å²) in [4.78, 5) is 11.3. The fourth-order valence-electron chi connectivity index (χ4n) is 2.35. The molecule has 1 fully saturated rings. The molecule has 1 aliphatic rings. The summed E-state index contributed by atoms with van der Waals surface area (Å²) in [5, 5.41) is 14.2. The van der Waals surface area contributed by atoms with Crippen molar-refractivity contribution in [3.63, 3.8) is 0 Å². The number of hydrogen-bond donors (Lipinski definition) is 1. The smallest absolute Gasteiger partial charge is 0.312 e. The van der Waals surface area contributed by atoms with E-state index in [0.717, 1.165) is 23.9 Å². The summed E-state index contributed by atoms with van der Waals surface area (Å²) < 4.78 is 0. The van der Waals surface area contributed by atoms with Gasteiger partial charge in [0.05, 0.1) is 4.92 Å². The lowest BCUT2D eigenvalue weighted by Gasteiger charge is -2.21. The van der Waals surface area contributed by atoms with Crippen molar-refractivity contribution < 1.29 is 4.92 Å². The first kappa shape index (κ1) is 12.5. The average Bonchev–Trinajstić information content (AvgIpc) is 2.79. The number of nitrogens with zero attached hydrogens (tertiary/aromatic N) is 1. The highest BCUT2D eigenvalue weighted by Gasteiger charge is 2.13. The maximum absolute atomic E-state index is 10.5. The van der Waals surface area contributed by atoms with E-state index in [4.69, 9.17) is 0 Å². The number of rotatable bonds is 5. The van der Waals surface area contributed by atoms with E-state index in [0.29, 0.717) is 0 Å². The average molecular weight is 254 g/mol. The molecule has 1 aromatic heterocycles. The minimum Gasteiger partial charge on any atom is -0.312 e. The van der Waals surface area contributed by atoms with Gasteiger partial charge in [0, 0.05) is 17.5 Å². The number of hydrogen-bond acceptors (Lipinski definition) is 4. The monoisotopic (exact) mass is 254 g/mol. The highest BCUT2D eigenvalue weighted by Crippen LogP contribution is 2.25. The lowest BCUT2D eigenvalue weighted by atomic mass is 9.89. The molecule has 2 rings (SSSR count). The van der Waals surface area contributed by atoms with E-state index in [1.807, 2.05) is 6.07 Å². The number of thiophene rings is 1. The zero-order chi connectivity index (χ0) is 12.1. The molecule has 0 amide bonds. The largest absolute Gasteiger partial charge is 0.324 e. The molecule has 1 aliphatic carbocycles. The molecule has 5 heteroatoms. The molecule has 0 atom stereocenters. The maximum atomic E-state index is 10.5. The molecule has 1 aromatic rings. The van der Waals surface area contributed by atoms with Crippen LogP contribution in [0.1, 0.15) is 37.0 Å². The summed E-state index contributed by atoms with van der Waals surface area (Å²) in [6, 6.07) is 3.43. The van der Waals surface area contributed by atoms with Gasteiger partial charge in [-0.2, -0.15) is 0 Å². The Morgan fingerprint density at radius 1 is 1.35 bits per heavy atom. The van der Waals surface area contributed by atoms with Gasteiger partial charge in [0.1, 0.15) is 0 Å². The molecule has 4 nitrogen and oxygen atoms in total. The van der Waals surface area contributed by atoms with Crippen molar-refractivity contribution in [2.24, 2.45) is 5.92 Å². The second-order valence-electron chi connectivity index (χ2n) is 4.63. The van der Waals surface area contributed by atoms with Crippen molar-refractivity contribution in [1.82, 2.24) is 5.32 Å². The van der Waals surface area contributed by atoms with Gasteiger partial charge in [-0.1, -0.05) is 30.6 Å². The summed E-state index contributed by atoms with van der Waals surface area (Å²) >= 11 is 1.27. The molecule has 1 saturated carbocycles. The van der Waals surface area contributed by atoms with Crippen LogP contribution in [0.15, 0.2) is 12.1 Å². The molecule has 1 N–H and O–H groups in total. The van der Waals surface area contributed by atoms with Crippen LogP contribution in [0.3, 0.4) is 0 Å². The molecule has 94 valence electrons. The third kappa shape index (κ3) is 3.78. The molecule has 0 bridgehead atoms. The van der Waals surface area contributed by atoms with Crippen LogP contribution in [0.2, 0.25) is 0 Å². The van der Waals surface area contributed by atoms with Crippen molar-refractivity contribution >= 4 is 16.3 Å². The van der Waals surface area contributed by atoms with Crippen LogP contribution in [-0.2, 0) is 6.54 Å². The normalized spacial score (nSPS) is 17.2. The van der Waals surface area contributed by atoms with Gasteiger partial charge >= 0.3 is 5.00 Å². The summed E-state index contributed by atoms with van der Waals surface area (Å²) in [7, 11) is 0. The van der Waals surface area contributed by atoms with Crippen molar-refractivity contribution in [1.29, 1.82) is 0 Å². The Hall–Kier alpha value is -0.940. The van der Waals surface area contributed by atoms with E-state index in [2.05, 4.69) is 5.32 Å². The second kappa shape index (κ2) is 6.12. The van der Waals surface area contributed by atoms with Crippen molar-refractivity contribution in [2.75, 3.05) is 6.54 Å². The van der Waals surface area contributed by atoms with Crippen molar-refractivity contribution in [3.05, 3.63) is 27.1 Å². The van der Waals surface area contributed by atoms with E-state index in [1.165, 1.54) is 43.4 Å². The Kier molecular flexibility index (Phi) is 4.50. The van der Waals surface area contributed by atoms with Gasteiger partial charge in [-0.3, -0.25) is 10.1 Å². The fraction of sp³-hybridized carbons (Fsp3) is 0.667.